The maximum atomic E-state index is 6.02. The van der Waals surface area contributed by atoms with Gasteiger partial charge in [-0.15, -0.1) is 46.4 Å². The van der Waals surface area contributed by atoms with E-state index in [4.69, 9.17) is 46.4 Å². The Labute approximate surface area is 109 Å². The lowest BCUT2D eigenvalue weighted by molar-refractivity contribution is 0.566. The third kappa shape index (κ3) is 2.20. The van der Waals surface area contributed by atoms with Crippen molar-refractivity contribution in [3.8, 4) is 0 Å². The zero-order chi connectivity index (χ0) is 9.46. The number of hydrogen-bond donors (Lipinski definition) is 0. The van der Waals surface area contributed by atoms with Crippen molar-refractivity contribution in [1.82, 2.24) is 0 Å². The molecule has 0 bridgehead atoms. The zero-order valence-corrected chi connectivity index (χ0v) is 11.9. The van der Waals surface area contributed by atoms with Crippen molar-refractivity contribution in [1.29, 1.82) is 0 Å². The van der Waals surface area contributed by atoms with Gasteiger partial charge in [-0.3, -0.25) is 0 Å². The van der Waals surface area contributed by atoms with Gasteiger partial charge >= 0.3 is 0 Å². The molecule has 72 valence electrons. The second-order valence-corrected chi connectivity index (χ2v) is 6.80. The van der Waals surface area contributed by atoms with E-state index in [1.54, 1.807) is 0 Å². The minimum Gasteiger partial charge on any atom is -0.120 e. The highest BCUT2D eigenvalue weighted by molar-refractivity contribution is 9.10. The van der Waals surface area contributed by atoms with Gasteiger partial charge in [0.2, 0.25) is 0 Å². The molecule has 0 N–H and O–H groups in total. The number of halogens is 6. The van der Waals surface area contributed by atoms with Crippen LogP contribution < -0.4 is 0 Å². The molecule has 0 amide bonds. The average molecular weight is 380 g/mol. The van der Waals surface area contributed by atoms with Crippen molar-refractivity contribution in [2.45, 2.75) is 31.2 Å². The molecule has 0 nitrogen and oxygen atoms in total. The van der Waals surface area contributed by atoms with Crippen molar-refractivity contribution in [3.05, 3.63) is 0 Å². The first-order chi connectivity index (χ1) is 5.46. The summed E-state index contributed by atoms with van der Waals surface area (Å²) < 4.78 is 0. The summed E-state index contributed by atoms with van der Waals surface area (Å²) >= 11 is 30.8. The fourth-order valence-electron chi connectivity index (χ4n) is 1.05. The van der Waals surface area contributed by atoms with Crippen LogP contribution in [-0.4, -0.2) is 31.2 Å². The van der Waals surface area contributed by atoms with Crippen molar-refractivity contribution >= 4 is 78.3 Å². The molecule has 0 aliphatic heterocycles. The highest BCUT2D eigenvalue weighted by Gasteiger charge is 2.46. The van der Waals surface area contributed by atoms with Gasteiger partial charge in [0.15, 0.2) is 0 Å². The maximum Gasteiger partial charge on any atom is 0.0651 e. The molecule has 0 heterocycles. The maximum absolute atomic E-state index is 6.02. The molecule has 2 unspecified atom stereocenters. The van der Waals surface area contributed by atoms with Crippen LogP contribution in [0.15, 0.2) is 0 Å². The zero-order valence-electron chi connectivity index (χ0n) is 5.73. The van der Waals surface area contributed by atoms with Crippen LogP contribution in [0.4, 0.5) is 0 Å². The van der Waals surface area contributed by atoms with Crippen LogP contribution in [0.25, 0.3) is 0 Å². The van der Waals surface area contributed by atoms with Crippen LogP contribution in [0.3, 0.4) is 0 Å². The quantitative estimate of drug-likeness (QED) is 0.559. The Kier molecular flexibility index (Phi) is 4.84. The molecular formula is C6H6Br2Cl4. The second kappa shape index (κ2) is 4.76. The van der Waals surface area contributed by atoms with Crippen molar-refractivity contribution in [2.24, 2.45) is 0 Å². The topological polar surface area (TPSA) is 0 Å². The van der Waals surface area contributed by atoms with E-state index in [0.717, 1.165) is 0 Å². The molecule has 12 heavy (non-hydrogen) atoms. The normalized spacial score (nSPS) is 55.5. The van der Waals surface area contributed by atoms with Crippen LogP contribution in [0.5, 0.6) is 0 Å². The fraction of sp³-hybridized carbons (Fsp3) is 1.00. The standard InChI is InChI=1S/C6H6Br2Cl4/c7-1-3(9)5(11)2(8)6(12)4(1)10/h1-6H/t1?,2?,3-,4+,5+,6-. The van der Waals surface area contributed by atoms with E-state index < -0.39 is 0 Å². The smallest absolute Gasteiger partial charge is 0.0651 e. The molecule has 0 radical (unpaired) electrons. The van der Waals surface area contributed by atoms with E-state index in [2.05, 4.69) is 31.9 Å². The van der Waals surface area contributed by atoms with Crippen molar-refractivity contribution < 1.29 is 0 Å². The highest BCUT2D eigenvalue weighted by atomic mass is 79.9. The summed E-state index contributed by atoms with van der Waals surface area (Å²) in [7, 11) is 0. The molecule has 0 spiro atoms. The molecular weight excluding hydrogens is 374 g/mol. The minimum absolute atomic E-state index is 0.0420. The van der Waals surface area contributed by atoms with Crippen LogP contribution in [-0.2, 0) is 0 Å². The Hall–Kier alpha value is 2.12. The predicted molar refractivity (Wildman–Crippen MR) is 64.0 cm³/mol. The lowest BCUT2D eigenvalue weighted by Gasteiger charge is -2.38. The van der Waals surface area contributed by atoms with E-state index >= 15 is 0 Å². The lowest BCUT2D eigenvalue weighted by atomic mass is 9.98. The SMILES string of the molecule is Cl[C@@H]1C(Br)[C@H](Cl)[C@H](Cl)C(Br)[C@@H]1Cl. The van der Waals surface area contributed by atoms with Gasteiger partial charge in [-0.25, -0.2) is 0 Å². The number of hydrogen-bond acceptors (Lipinski definition) is 0. The molecule has 1 aliphatic rings. The Morgan fingerprint density at radius 1 is 0.583 bits per heavy atom. The Morgan fingerprint density at radius 3 is 0.917 bits per heavy atom. The number of rotatable bonds is 0. The molecule has 0 aromatic heterocycles. The second-order valence-electron chi connectivity index (χ2n) is 2.67. The van der Waals surface area contributed by atoms with Gasteiger partial charge in [-0.05, 0) is 0 Å². The first-order valence-electron chi connectivity index (χ1n) is 3.31. The molecule has 0 aromatic rings. The first-order valence-corrected chi connectivity index (χ1v) is 6.89. The van der Waals surface area contributed by atoms with Gasteiger partial charge in [0.1, 0.15) is 0 Å². The van der Waals surface area contributed by atoms with Gasteiger partial charge in [-0.2, -0.15) is 0 Å². The van der Waals surface area contributed by atoms with Gasteiger partial charge in [0.05, 0.1) is 31.2 Å². The first kappa shape index (κ1) is 12.2. The molecule has 1 saturated carbocycles. The summed E-state index contributed by atoms with van der Waals surface area (Å²) in [6, 6.07) is 0. The minimum atomic E-state index is -0.200. The van der Waals surface area contributed by atoms with Gasteiger partial charge in [-0.1, -0.05) is 31.9 Å². The average Bonchev–Trinajstić information content (AvgIpc) is 2.08. The van der Waals surface area contributed by atoms with Crippen LogP contribution in [0.2, 0.25) is 0 Å². The highest BCUT2D eigenvalue weighted by Crippen LogP contribution is 2.41. The van der Waals surface area contributed by atoms with Gasteiger partial charge in [0.25, 0.3) is 0 Å². The summed E-state index contributed by atoms with van der Waals surface area (Å²) in [5.74, 6) is 0. The summed E-state index contributed by atoms with van der Waals surface area (Å²) in [6.45, 7) is 0. The fourth-order valence-corrected chi connectivity index (χ4v) is 4.47. The van der Waals surface area contributed by atoms with E-state index in [1.807, 2.05) is 0 Å². The van der Waals surface area contributed by atoms with E-state index in [1.165, 1.54) is 0 Å². The Bertz CT molecular complexity index is 109. The van der Waals surface area contributed by atoms with Crippen LogP contribution >= 0.6 is 78.3 Å². The molecule has 1 fully saturated rings. The lowest BCUT2D eigenvalue weighted by Crippen LogP contribution is -2.51. The molecule has 1 rings (SSSR count). The van der Waals surface area contributed by atoms with Crippen LogP contribution in [0.1, 0.15) is 0 Å². The summed E-state index contributed by atoms with van der Waals surface area (Å²) in [4.78, 5) is -0.0840. The summed E-state index contributed by atoms with van der Waals surface area (Å²) in [5.41, 5.74) is 0. The molecule has 6 heteroatoms. The molecule has 6 atom stereocenters. The third-order valence-corrected chi connectivity index (χ3v) is 7.75. The largest absolute Gasteiger partial charge is 0.120 e. The summed E-state index contributed by atoms with van der Waals surface area (Å²) in [6.07, 6.45) is 0. The van der Waals surface area contributed by atoms with Gasteiger partial charge < -0.3 is 0 Å². The monoisotopic (exact) mass is 376 g/mol. The van der Waals surface area contributed by atoms with Crippen molar-refractivity contribution in [2.75, 3.05) is 0 Å². The Morgan fingerprint density at radius 2 is 0.750 bits per heavy atom. The van der Waals surface area contributed by atoms with Gasteiger partial charge in [0, 0.05) is 0 Å². The molecule has 0 saturated heterocycles. The van der Waals surface area contributed by atoms with E-state index in [0.29, 0.717) is 0 Å². The van der Waals surface area contributed by atoms with E-state index in [9.17, 15) is 0 Å². The summed E-state index contributed by atoms with van der Waals surface area (Å²) in [5, 5.41) is -0.802. The Balaban J connectivity index is 2.76. The predicted octanol–water partition coefficient (Wildman–Crippen LogP) is 3.96. The molecule has 1 aliphatic carbocycles. The van der Waals surface area contributed by atoms with Crippen molar-refractivity contribution in [3.63, 3.8) is 0 Å². The molecule has 0 aromatic carbocycles. The number of alkyl halides is 6. The van der Waals surface area contributed by atoms with E-state index in [-0.39, 0.29) is 31.2 Å². The van der Waals surface area contributed by atoms with Crippen LogP contribution in [0, 0.1) is 0 Å². The third-order valence-electron chi connectivity index (χ3n) is 1.83.